The highest BCUT2D eigenvalue weighted by Gasteiger charge is 2.35. The molecule has 1 N–H and O–H groups in total. The molecule has 0 spiro atoms. The molecule has 116 valence electrons. The maximum absolute atomic E-state index is 12.6. The topological polar surface area (TPSA) is 57.6 Å². The second-order valence-corrected chi connectivity index (χ2v) is 6.76. The van der Waals surface area contributed by atoms with Gasteiger partial charge in [0.15, 0.2) is 0 Å². The summed E-state index contributed by atoms with van der Waals surface area (Å²) in [5.74, 6) is -1.22. The standard InChI is InChI=1S/C17H19NO3S/c1-11-13(17(20)21)6-4-8-18(11)16(19)9-12-10-22-15-7-3-2-5-14(12)15/h2-3,5,7,10-11,13H,4,6,8-9H2,1H3,(H,20,21)/t11-,13-/m1/s1. The lowest BCUT2D eigenvalue weighted by molar-refractivity contribution is -0.148. The molecule has 0 aliphatic carbocycles. The second-order valence-electron chi connectivity index (χ2n) is 5.85. The fraction of sp³-hybridized carbons (Fsp3) is 0.412. The van der Waals surface area contributed by atoms with Crippen molar-refractivity contribution < 1.29 is 14.7 Å². The number of fused-ring (bicyclic) bond motifs is 1. The number of carboxylic acids is 1. The molecule has 2 heterocycles. The van der Waals surface area contributed by atoms with E-state index >= 15 is 0 Å². The summed E-state index contributed by atoms with van der Waals surface area (Å²) in [4.78, 5) is 25.7. The van der Waals surface area contributed by atoms with Crippen LogP contribution in [-0.4, -0.2) is 34.5 Å². The number of hydrogen-bond acceptors (Lipinski definition) is 3. The van der Waals surface area contributed by atoms with Crippen molar-refractivity contribution in [2.75, 3.05) is 6.54 Å². The third-order valence-corrected chi connectivity index (χ3v) is 5.54. The SMILES string of the molecule is C[C@@H]1[C@H](C(=O)O)CCCN1C(=O)Cc1csc2ccccc12. The molecule has 0 radical (unpaired) electrons. The van der Waals surface area contributed by atoms with Crippen LogP contribution in [0.2, 0.25) is 0 Å². The molecule has 0 saturated carbocycles. The lowest BCUT2D eigenvalue weighted by Crippen LogP contribution is -2.49. The molecule has 2 aromatic rings. The van der Waals surface area contributed by atoms with Gasteiger partial charge in [-0.15, -0.1) is 11.3 Å². The number of carbonyl (C=O) groups is 2. The Balaban J connectivity index is 1.78. The molecule has 3 rings (SSSR count). The van der Waals surface area contributed by atoms with Gasteiger partial charge in [0, 0.05) is 17.3 Å². The van der Waals surface area contributed by atoms with E-state index in [-0.39, 0.29) is 11.9 Å². The van der Waals surface area contributed by atoms with Gasteiger partial charge in [-0.25, -0.2) is 0 Å². The highest BCUT2D eigenvalue weighted by molar-refractivity contribution is 7.17. The van der Waals surface area contributed by atoms with Crippen LogP contribution < -0.4 is 0 Å². The number of nitrogens with zero attached hydrogens (tertiary/aromatic N) is 1. The molecular formula is C17H19NO3S. The quantitative estimate of drug-likeness (QED) is 0.946. The van der Waals surface area contributed by atoms with Crippen LogP contribution in [0.4, 0.5) is 0 Å². The number of likely N-dealkylation sites (tertiary alicyclic amines) is 1. The third-order valence-electron chi connectivity index (χ3n) is 4.53. The van der Waals surface area contributed by atoms with E-state index < -0.39 is 11.9 Å². The molecule has 4 nitrogen and oxygen atoms in total. The van der Waals surface area contributed by atoms with Crippen LogP contribution in [0, 0.1) is 5.92 Å². The third kappa shape index (κ3) is 2.73. The average Bonchev–Trinajstić information content (AvgIpc) is 2.90. The Hall–Kier alpha value is -1.88. The second kappa shape index (κ2) is 6.08. The first-order valence-corrected chi connectivity index (χ1v) is 8.43. The van der Waals surface area contributed by atoms with E-state index in [1.54, 1.807) is 16.2 Å². The van der Waals surface area contributed by atoms with E-state index in [1.165, 1.54) is 4.70 Å². The van der Waals surface area contributed by atoms with E-state index in [4.69, 9.17) is 0 Å². The van der Waals surface area contributed by atoms with Gasteiger partial charge in [-0.2, -0.15) is 0 Å². The number of aliphatic carboxylic acids is 1. The summed E-state index contributed by atoms with van der Waals surface area (Å²) in [6.45, 7) is 2.51. The largest absolute Gasteiger partial charge is 0.481 e. The Labute approximate surface area is 133 Å². The molecule has 1 aliphatic rings. The number of thiophene rings is 1. The Morgan fingerprint density at radius 1 is 1.36 bits per heavy atom. The molecule has 2 atom stereocenters. The van der Waals surface area contributed by atoms with Crippen molar-refractivity contribution >= 4 is 33.3 Å². The number of rotatable bonds is 3. The fourth-order valence-electron chi connectivity index (χ4n) is 3.26. The lowest BCUT2D eigenvalue weighted by atomic mass is 9.90. The molecule has 22 heavy (non-hydrogen) atoms. The molecule has 1 aromatic carbocycles. The Bertz CT molecular complexity index is 709. The number of amides is 1. The van der Waals surface area contributed by atoms with Crippen LogP contribution in [-0.2, 0) is 16.0 Å². The number of benzene rings is 1. The Kier molecular flexibility index (Phi) is 4.16. The highest BCUT2D eigenvalue weighted by atomic mass is 32.1. The zero-order valence-electron chi connectivity index (χ0n) is 12.5. The molecule has 0 bridgehead atoms. The van der Waals surface area contributed by atoms with Crippen LogP contribution in [0.3, 0.4) is 0 Å². The zero-order valence-corrected chi connectivity index (χ0v) is 13.3. The zero-order chi connectivity index (χ0) is 15.7. The molecule has 1 fully saturated rings. The fourth-order valence-corrected chi connectivity index (χ4v) is 4.22. The van der Waals surface area contributed by atoms with Crippen LogP contribution in [0.15, 0.2) is 29.6 Å². The summed E-state index contributed by atoms with van der Waals surface area (Å²) in [6.07, 6.45) is 1.76. The number of piperidine rings is 1. The Morgan fingerprint density at radius 3 is 2.91 bits per heavy atom. The van der Waals surface area contributed by atoms with Crippen molar-refractivity contribution in [1.82, 2.24) is 4.90 Å². The number of carbonyl (C=O) groups excluding carboxylic acids is 1. The smallest absolute Gasteiger partial charge is 0.308 e. The van der Waals surface area contributed by atoms with Gasteiger partial charge in [-0.3, -0.25) is 9.59 Å². The maximum Gasteiger partial charge on any atom is 0.308 e. The minimum absolute atomic E-state index is 0.0296. The highest BCUT2D eigenvalue weighted by Crippen LogP contribution is 2.28. The first-order chi connectivity index (χ1) is 10.6. The van der Waals surface area contributed by atoms with Crippen molar-refractivity contribution in [3.05, 3.63) is 35.2 Å². The lowest BCUT2D eigenvalue weighted by Gasteiger charge is -2.37. The average molecular weight is 317 g/mol. The van der Waals surface area contributed by atoms with E-state index in [9.17, 15) is 14.7 Å². The van der Waals surface area contributed by atoms with Gasteiger partial charge in [0.25, 0.3) is 0 Å². The van der Waals surface area contributed by atoms with Crippen LogP contribution in [0.1, 0.15) is 25.3 Å². The summed E-state index contributed by atoms with van der Waals surface area (Å²) in [6, 6.07) is 7.83. The van der Waals surface area contributed by atoms with Crippen LogP contribution >= 0.6 is 11.3 Å². The minimum Gasteiger partial charge on any atom is -0.481 e. The molecule has 1 amide bonds. The molecule has 1 aromatic heterocycles. The summed E-state index contributed by atoms with van der Waals surface area (Å²) >= 11 is 1.64. The maximum atomic E-state index is 12.6. The van der Waals surface area contributed by atoms with Crippen LogP contribution in [0.5, 0.6) is 0 Å². The van der Waals surface area contributed by atoms with Crippen molar-refractivity contribution in [2.45, 2.75) is 32.2 Å². The summed E-state index contributed by atoms with van der Waals surface area (Å²) in [7, 11) is 0. The summed E-state index contributed by atoms with van der Waals surface area (Å²) < 4.78 is 1.18. The molecule has 0 unspecified atom stereocenters. The molecular weight excluding hydrogens is 298 g/mol. The number of carboxylic acid groups (broad SMARTS) is 1. The monoisotopic (exact) mass is 317 g/mol. The van der Waals surface area contributed by atoms with Gasteiger partial charge >= 0.3 is 5.97 Å². The van der Waals surface area contributed by atoms with Crippen molar-refractivity contribution in [3.63, 3.8) is 0 Å². The van der Waals surface area contributed by atoms with Gasteiger partial charge in [-0.05, 0) is 42.2 Å². The van der Waals surface area contributed by atoms with E-state index in [1.807, 2.05) is 30.5 Å². The normalized spacial score (nSPS) is 22.0. The van der Waals surface area contributed by atoms with Crippen molar-refractivity contribution in [1.29, 1.82) is 0 Å². The number of hydrogen-bond donors (Lipinski definition) is 1. The molecule has 1 saturated heterocycles. The van der Waals surface area contributed by atoms with E-state index in [0.29, 0.717) is 19.4 Å². The predicted octanol–water partition coefficient (Wildman–Crippen LogP) is 3.16. The van der Waals surface area contributed by atoms with Gasteiger partial charge < -0.3 is 10.0 Å². The van der Waals surface area contributed by atoms with Gasteiger partial charge in [0.2, 0.25) is 5.91 Å². The van der Waals surface area contributed by atoms with E-state index in [2.05, 4.69) is 6.07 Å². The van der Waals surface area contributed by atoms with Gasteiger partial charge in [0.05, 0.1) is 12.3 Å². The van der Waals surface area contributed by atoms with Crippen molar-refractivity contribution in [3.8, 4) is 0 Å². The molecule has 1 aliphatic heterocycles. The summed E-state index contributed by atoms with van der Waals surface area (Å²) in [5.41, 5.74) is 1.04. The van der Waals surface area contributed by atoms with Crippen molar-refractivity contribution in [2.24, 2.45) is 5.92 Å². The minimum atomic E-state index is -0.800. The van der Waals surface area contributed by atoms with Gasteiger partial charge in [-0.1, -0.05) is 18.2 Å². The Morgan fingerprint density at radius 2 is 2.14 bits per heavy atom. The predicted molar refractivity (Wildman–Crippen MR) is 87.1 cm³/mol. The first-order valence-electron chi connectivity index (χ1n) is 7.55. The van der Waals surface area contributed by atoms with E-state index in [0.717, 1.165) is 17.4 Å². The summed E-state index contributed by atoms with van der Waals surface area (Å²) in [5, 5.41) is 12.4. The van der Waals surface area contributed by atoms with Crippen LogP contribution in [0.25, 0.3) is 10.1 Å². The molecule has 5 heteroatoms. The van der Waals surface area contributed by atoms with Gasteiger partial charge in [0.1, 0.15) is 0 Å². The first kappa shape index (κ1) is 15.0.